The fourth-order valence-electron chi connectivity index (χ4n) is 1.98. The number of nitrogens with zero attached hydrogens (tertiary/aromatic N) is 2. The maximum atomic E-state index is 12.1. The summed E-state index contributed by atoms with van der Waals surface area (Å²) in [6.07, 6.45) is 0. The van der Waals surface area contributed by atoms with Crippen molar-refractivity contribution in [3.8, 4) is 11.5 Å². The standard InChI is InChI=1S/C14H6Br2N2O4/c15-8-5-10-12(11(16)6-8)17-13(22-14(10)19)7-2-1-3-9(4-7)18(20)21/h1-6H. The van der Waals surface area contributed by atoms with E-state index in [1.807, 2.05) is 0 Å². The molecular weight excluding hydrogens is 420 g/mol. The zero-order valence-electron chi connectivity index (χ0n) is 10.7. The Balaban J connectivity index is 2.27. The summed E-state index contributed by atoms with van der Waals surface area (Å²) < 4.78 is 6.52. The number of fused-ring (bicyclic) bond motifs is 1. The van der Waals surface area contributed by atoms with E-state index in [4.69, 9.17) is 4.42 Å². The van der Waals surface area contributed by atoms with Crippen LogP contribution in [0.25, 0.3) is 22.4 Å². The molecule has 0 unspecified atom stereocenters. The Kier molecular flexibility index (Phi) is 3.79. The second kappa shape index (κ2) is 5.62. The molecule has 0 aliphatic heterocycles. The molecule has 0 amide bonds. The van der Waals surface area contributed by atoms with Gasteiger partial charge in [-0.15, -0.1) is 0 Å². The van der Waals surface area contributed by atoms with Crippen LogP contribution < -0.4 is 5.63 Å². The molecule has 0 fully saturated rings. The Hall–Kier alpha value is -2.06. The first-order valence-corrected chi connectivity index (χ1v) is 7.59. The minimum Gasteiger partial charge on any atom is -0.403 e. The molecule has 3 rings (SSSR count). The summed E-state index contributed by atoms with van der Waals surface area (Å²) in [5, 5.41) is 11.2. The summed E-state index contributed by atoms with van der Waals surface area (Å²) in [5.41, 5.74) is 0.134. The molecule has 3 aromatic rings. The number of hydrogen-bond donors (Lipinski definition) is 0. The van der Waals surface area contributed by atoms with Crippen molar-refractivity contribution in [1.29, 1.82) is 0 Å². The zero-order valence-corrected chi connectivity index (χ0v) is 13.9. The van der Waals surface area contributed by atoms with Crippen LogP contribution in [0, 0.1) is 10.1 Å². The van der Waals surface area contributed by atoms with E-state index in [1.54, 1.807) is 18.2 Å². The molecular formula is C14H6Br2N2O4. The first kappa shape index (κ1) is 14.9. The van der Waals surface area contributed by atoms with E-state index in [0.29, 0.717) is 25.4 Å². The summed E-state index contributed by atoms with van der Waals surface area (Å²) in [5.74, 6) is 0.0317. The summed E-state index contributed by atoms with van der Waals surface area (Å²) in [6, 6.07) is 9.13. The van der Waals surface area contributed by atoms with Crippen LogP contribution in [0.4, 0.5) is 5.69 Å². The van der Waals surface area contributed by atoms with E-state index >= 15 is 0 Å². The van der Waals surface area contributed by atoms with Gasteiger partial charge in [-0.3, -0.25) is 10.1 Å². The number of hydrogen-bond acceptors (Lipinski definition) is 5. The highest BCUT2D eigenvalue weighted by Crippen LogP contribution is 2.28. The minimum atomic E-state index is -0.562. The van der Waals surface area contributed by atoms with Crippen LogP contribution in [-0.2, 0) is 0 Å². The number of benzene rings is 2. The lowest BCUT2D eigenvalue weighted by atomic mass is 10.2. The van der Waals surface area contributed by atoms with E-state index in [1.165, 1.54) is 18.2 Å². The number of aromatic nitrogens is 1. The first-order chi connectivity index (χ1) is 10.5. The molecule has 6 nitrogen and oxygen atoms in total. The maximum absolute atomic E-state index is 12.1. The molecule has 0 saturated heterocycles. The van der Waals surface area contributed by atoms with Gasteiger partial charge in [-0.2, -0.15) is 0 Å². The van der Waals surface area contributed by atoms with E-state index in [0.717, 1.165) is 0 Å². The minimum absolute atomic E-state index is 0.0317. The molecule has 1 heterocycles. The van der Waals surface area contributed by atoms with Crippen LogP contribution >= 0.6 is 31.9 Å². The van der Waals surface area contributed by atoms with Crippen LogP contribution in [0.2, 0.25) is 0 Å². The Labute approximate surface area is 140 Å². The third kappa shape index (κ3) is 2.67. The highest BCUT2D eigenvalue weighted by atomic mass is 79.9. The first-order valence-electron chi connectivity index (χ1n) is 6.00. The van der Waals surface area contributed by atoms with Crippen molar-refractivity contribution in [3.05, 3.63) is 65.9 Å². The molecule has 0 radical (unpaired) electrons. The molecule has 8 heteroatoms. The van der Waals surface area contributed by atoms with Crippen molar-refractivity contribution in [2.24, 2.45) is 0 Å². The molecule has 0 spiro atoms. The highest BCUT2D eigenvalue weighted by Gasteiger charge is 2.14. The van der Waals surface area contributed by atoms with Gasteiger partial charge in [0.2, 0.25) is 5.89 Å². The lowest BCUT2D eigenvalue weighted by molar-refractivity contribution is -0.384. The van der Waals surface area contributed by atoms with Crippen molar-refractivity contribution >= 4 is 48.5 Å². The topological polar surface area (TPSA) is 86.2 Å². The van der Waals surface area contributed by atoms with Crippen molar-refractivity contribution in [2.75, 3.05) is 0 Å². The smallest absolute Gasteiger partial charge is 0.347 e. The second-order valence-corrected chi connectivity index (χ2v) is 6.17. The van der Waals surface area contributed by atoms with Crippen molar-refractivity contribution < 1.29 is 9.34 Å². The lowest BCUT2D eigenvalue weighted by Gasteiger charge is -2.04. The predicted molar refractivity (Wildman–Crippen MR) is 87.8 cm³/mol. The summed E-state index contributed by atoms with van der Waals surface area (Å²) in [7, 11) is 0. The Morgan fingerprint density at radius 1 is 1.18 bits per heavy atom. The largest absolute Gasteiger partial charge is 0.403 e. The van der Waals surface area contributed by atoms with E-state index in [9.17, 15) is 14.9 Å². The van der Waals surface area contributed by atoms with Gasteiger partial charge in [0.15, 0.2) is 0 Å². The molecule has 110 valence electrons. The molecule has 0 aliphatic carbocycles. The maximum Gasteiger partial charge on any atom is 0.347 e. The fraction of sp³-hybridized carbons (Fsp3) is 0. The normalized spacial score (nSPS) is 10.8. The summed E-state index contributed by atoms with van der Waals surface area (Å²) >= 11 is 6.64. The average Bonchev–Trinajstić information content (AvgIpc) is 2.48. The van der Waals surface area contributed by atoms with Gasteiger partial charge in [0, 0.05) is 26.6 Å². The van der Waals surface area contributed by atoms with Gasteiger partial charge in [-0.05, 0) is 34.1 Å². The van der Waals surface area contributed by atoms with Crippen molar-refractivity contribution in [2.45, 2.75) is 0 Å². The van der Waals surface area contributed by atoms with E-state index < -0.39 is 10.5 Å². The van der Waals surface area contributed by atoms with Gasteiger partial charge in [0.1, 0.15) is 0 Å². The number of non-ortho nitro benzene ring substituents is 1. The molecule has 0 atom stereocenters. The lowest BCUT2D eigenvalue weighted by Crippen LogP contribution is -2.03. The average molecular weight is 426 g/mol. The highest BCUT2D eigenvalue weighted by molar-refractivity contribution is 9.11. The monoisotopic (exact) mass is 424 g/mol. The van der Waals surface area contributed by atoms with Gasteiger partial charge in [0.05, 0.1) is 15.8 Å². The van der Waals surface area contributed by atoms with Gasteiger partial charge < -0.3 is 4.42 Å². The molecule has 22 heavy (non-hydrogen) atoms. The fourth-order valence-corrected chi connectivity index (χ4v) is 3.29. The number of nitro groups is 1. The third-order valence-corrected chi connectivity index (χ3v) is 4.02. The third-order valence-electron chi connectivity index (χ3n) is 2.95. The van der Waals surface area contributed by atoms with Gasteiger partial charge in [0.25, 0.3) is 5.69 Å². The zero-order chi connectivity index (χ0) is 15.9. The molecule has 2 aromatic carbocycles. The number of nitro benzene ring substituents is 1. The van der Waals surface area contributed by atoms with Crippen LogP contribution in [0.5, 0.6) is 0 Å². The number of rotatable bonds is 2. The number of halogens is 2. The Morgan fingerprint density at radius 2 is 1.95 bits per heavy atom. The van der Waals surface area contributed by atoms with Crippen LogP contribution in [0.3, 0.4) is 0 Å². The van der Waals surface area contributed by atoms with E-state index in [-0.39, 0.29) is 11.6 Å². The van der Waals surface area contributed by atoms with Gasteiger partial charge in [-0.1, -0.05) is 22.0 Å². The summed E-state index contributed by atoms with van der Waals surface area (Å²) in [6.45, 7) is 0. The van der Waals surface area contributed by atoms with Crippen LogP contribution in [-0.4, -0.2) is 9.91 Å². The Morgan fingerprint density at radius 3 is 2.68 bits per heavy atom. The van der Waals surface area contributed by atoms with Gasteiger partial charge in [-0.25, -0.2) is 9.78 Å². The van der Waals surface area contributed by atoms with Gasteiger partial charge >= 0.3 is 5.63 Å². The summed E-state index contributed by atoms with van der Waals surface area (Å²) in [4.78, 5) is 26.7. The van der Waals surface area contributed by atoms with Crippen molar-refractivity contribution in [1.82, 2.24) is 4.98 Å². The second-order valence-electron chi connectivity index (χ2n) is 4.40. The molecule has 0 saturated carbocycles. The van der Waals surface area contributed by atoms with Crippen molar-refractivity contribution in [3.63, 3.8) is 0 Å². The SMILES string of the molecule is O=c1oc(-c2cccc([N+](=O)[O-])c2)nc2c(Br)cc(Br)cc12. The van der Waals surface area contributed by atoms with E-state index in [2.05, 4.69) is 36.8 Å². The quantitative estimate of drug-likeness (QED) is 0.451. The molecule has 0 aliphatic rings. The molecule has 0 N–H and O–H groups in total. The predicted octanol–water partition coefficient (Wildman–Crippen LogP) is 4.29. The van der Waals surface area contributed by atoms with Crippen LogP contribution in [0.15, 0.2) is 54.6 Å². The van der Waals surface area contributed by atoms with Crippen LogP contribution in [0.1, 0.15) is 0 Å². The molecule has 1 aromatic heterocycles. The molecule has 0 bridgehead atoms. The Bertz CT molecular complexity index is 969.